The van der Waals surface area contributed by atoms with Crippen molar-refractivity contribution in [2.75, 3.05) is 13.2 Å². The van der Waals surface area contributed by atoms with E-state index in [2.05, 4.69) is 14.8 Å². The maximum absolute atomic E-state index is 11.6. The highest BCUT2D eigenvalue weighted by atomic mass is 19.4. The molecule has 7 heteroatoms. The van der Waals surface area contributed by atoms with E-state index in [0.29, 0.717) is 13.0 Å². The van der Waals surface area contributed by atoms with Gasteiger partial charge in [0.15, 0.2) is 0 Å². The number of alkyl halides is 3. The highest BCUT2D eigenvalue weighted by Gasteiger charge is 2.27. The third-order valence-corrected chi connectivity index (χ3v) is 1.41. The molecule has 0 saturated carbocycles. The topological polar surface area (TPSA) is 39.9 Å². The van der Waals surface area contributed by atoms with Crippen molar-refractivity contribution in [2.24, 2.45) is 0 Å². The molecule has 0 aliphatic carbocycles. The Morgan fingerprint density at radius 1 is 1.36 bits per heavy atom. The lowest BCUT2D eigenvalue weighted by Gasteiger charge is -2.06. The van der Waals surface area contributed by atoms with Gasteiger partial charge in [-0.1, -0.05) is 0 Å². The third kappa shape index (κ3) is 4.80. The minimum atomic E-state index is -4.24. The molecule has 1 heterocycles. The summed E-state index contributed by atoms with van der Waals surface area (Å²) in [7, 11) is 0. The van der Waals surface area contributed by atoms with Gasteiger partial charge in [0.05, 0.1) is 0 Å². The summed E-state index contributed by atoms with van der Waals surface area (Å²) in [4.78, 5) is 3.69. The Balaban J connectivity index is 2.00. The molecule has 0 saturated heterocycles. The molecule has 0 atom stereocenters. The molecule has 14 heavy (non-hydrogen) atoms. The quantitative estimate of drug-likeness (QED) is 0.685. The summed E-state index contributed by atoms with van der Waals surface area (Å²) in [6.07, 6.45) is -0.882. The maximum Gasteiger partial charge on any atom is 0.411 e. The largest absolute Gasteiger partial charge is 0.411 e. The predicted octanol–water partition coefficient (Wildman–Crippen LogP) is 1.25. The number of nitrogens with zero attached hydrogens (tertiary/aromatic N) is 3. The molecule has 0 radical (unpaired) electrons. The maximum atomic E-state index is 11.6. The molecule has 4 nitrogen and oxygen atoms in total. The van der Waals surface area contributed by atoms with Crippen molar-refractivity contribution in [3.05, 3.63) is 12.7 Å². The Morgan fingerprint density at radius 2 is 2.14 bits per heavy atom. The Labute approximate surface area is 78.7 Å². The Kier molecular flexibility index (Phi) is 3.87. The minimum Gasteiger partial charge on any atom is -0.372 e. The van der Waals surface area contributed by atoms with Crippen LogP contribution in [0.15, 0.2) is 12.7 Å². The van der Waals surface area contributed by atoms with Gasteiger partial charge in [-0.05, 0) is 6.42 Å². The van der Waals surface area contributed by atoms with E-state index in [4.69, 9.17) is 0 Å². The van der Waals surface area contributed by atoms with Gasteiger partial charge in [0.2, 0.25) is 0 Å². The average Bonchev–Trinajstić information content (AvgIpc) is 2.54. The van der Waals surface area contributed by atoms with Crippen molar-refractivity contribution in [3.8, 4) is 0 Å². The lowest BCUT2D eigenvalue weighted by Crippen LogP contribution is -2.17. The molecular formula is C7H10F3N3O. The first-order chi connectivity index (χ1) is 6.58. The smallest absolute Gasteiger partial charge is 0.372 e. The fourth-order valence-electron chi connectivity index (χ4n) is 0.865. The molecule has 0 aliphatic heterocycles. The van der Waals surface area contributed by atoms with E-state index in [9.17, 15) is 13.2 Å². The van der Waals surface area contributed by atoms with Gasteiger partial charge in [0.1, 0.15) is 19.3 Å². The van der Waals surface area contributed by atoms with Crippen LogP contribution in [-0.4, -0.2) is 34.2 Å². The number of ether oxygens (including phenoxy) is 1. The van der Waals surface area contributed by atoms with Gasteiger partial charge in [-0.15, -0.1) is 0 Å². The van der Waals surface area contributed by atoms with E-state index in [1.54, 1.807) is 0 Å². The first-order valence-electron chi connectivity index (χ1n) is 4.05. The average molecular weight is 209 g/mol. The van der Waals surface area contributed by atoms with Crippen molar-refractivity contribution in [1.82, 2.24) is 14.8 Å². The Bertz CT molecular complexity index is 247. The van der Waals surface area contributed by atoms with Gasteiger partial charge >= 0.3 is 6.18 Å². The molecule has 1 aromatic rings. The second-order valence-corrected chi connectivity index (χ2v) is 2.68. The number of halogens is 3. The lowest BCUT2D eigenvalue weighted by atomic mass is 10.4. The summed E-state index contributed by atoms with van der Waals surface area (Å²) in [6.45, 7) is -0.610. The van der Waals surface area contributed by atoms with Crippen LogP contribution >= 0.6 is 0 Å². The van der Waals surface area contributed by atoms with E-state index >= 15 is 0 Å². The van der Waals surface area contributed by atoms with Gasteiger partial charge in [0, 0.05) is 13.2 Å². The van der Waals surface area contributed by atoms with Gasteiger partial charge in [-0.25, -0.2) is 4.98 Å². The van der Waals surface area contributed by atoms with Gasteiger partial charge in [-0.3, -0.25) is 4.68 Å². The van der Waals surface area contributed by atoms with Gasteiger partial charge in [-0.2, -0.15) is 18.3 Å². The monoisotopic (exact) mass is 209 g/mol. The first-order valence-corrected chi connectivity index (χ1v) is 4.05. The molecule has 1 aromatic heterocycles. The van der Waals surface area contributed by atoms with Crippen LogP contribution in [-0.2, 0) is 11.3 Å². The molecule has 0 aliphatic rings. The third-order valence-electron chi connectivity index (χ3n) is 1.41. The van der Waals surface area contributed by atoms with E-state index in [1.807, 2.05) is 0 Å². The molecular weight excluding hydrogens is 199 g/mol. The summed E-state index contributed by atoms with van der Waals surface area (Å²) in [5.74, 6) is 0. The minimum absolute atomic E-state index is 0.0688. The molecule has 0 N–H and O–H groups in total. The van der Waals surface area contributed by atoms with Crippen LogP contribution in [0.2, 0.25) is 0 Å². The molecule has 0 unspecified atom stereocenters. The summed E-state index contributed by atoms with van der Waals surface area (Å²) in [5.41, 5.74) is 0. The number of aryl methyl sites for hydroxylation is 1. The fraction of sp³-hybridized carbons (Fsp3) is 0.714. The van der Waals surface area contributed by atoms with Crippen LogP contribution in [0.5, 0.6) is 0 Å². The summed E-state index contributed by atoms with van der Waals surface area (Å²) >= 11 is 0. The first kappa shape index (κ1) is 11.0. The zero-order valence-corrected chi connectivity index (χ0v) is 7.37. The molecule has 0 bridgehead atoms. The van der Waals surface area contributed by atoms with Crippen LogP contribution < -0.4 is 0 Å². The normalized spacial score (nSPS) is 11.9. The number of hydrogen-bond acceptors (Lipinski definition) is 3. The number of aromatic nitrogens is 3. The van der Waals surface area contributed by atoms with Crippen molar-refractivity contribution < 1.29 is 17.9 Å². The van der Waals surface area contributed by atoms with E-state index in [1.165, 1.54) is 17.3 Å². The summed E-state index contributed by atoms with van der Waals surface area (Å²) < 4.78 is 40.8. The summed E-state index contributed by atoms with van der Waals surface area (Å²) in [5, 5.41) is 3.79. The van der Waals surface area contributed by atoms with Crippen molar-refractivity contribution >= 4 is 0 Å². The van der Waals surface area contributed by atoms with E-state index in [0.717, 1.165) is 0 Å². The lowest BCUT2D eigenvalue weighted by molar-refractivity contribution is -0.174. The van der Waals surface area contributed by atoms with Crippen LogP contribution in [0.25, 0.3) is 0 Å². The van der Waals surface area contributed by atoms with Crippen LogP contribution in [0.3, 0.4) is 0 Å². The SMILES string of the molecule is FC(F)(F)COCCCn1cncn1. The fourth-order valence-corrected chi connectivity index (χ4v) is 0.865. The molecule has 80 valence electrons. The molecule has 0 fully saturated rings. The number of hydrogen-bond donors (Lipinski definition) is 0. The predicted molar refractivity (Wildman–Crippen MR) is 41.5 cm³/mol. The van der Waals surface area contributed by atoms with E-state index < -0.39 is 12.8 Å². The second kappa shape index (κ2) is 4.94. The molecule has 0 spiro atoms. The Morgan fingerprint density at radius 3 is 2.71 bits per heavy atom. The van der Waals surface area contributed by atoms with Crippen molar-refractivity contribution in [2.45, 2.75) is 19.1 Å². The second-order valence-electron chi connectivity index (χ2n) is 2.68. The van der Waals surface area contributed by atoms with Gasteiger partial charge in [0.25, 0.3) is 0 Å². The highest BCUT2D eigenvalue weighted by molar-refractivity contribution is 4.55. The highest BCUT2D eigenvalue weighted by Crippen LogP contribution is 2.14. The molecule has 1 rings (SSSR count). The van der Waals surface area contributed by atoms with Gasteiger partial charge < -0.3 is 4.74 Å². The van der Waals surface area contributed by atoms with Crippen molar-refractivity contribution in [1.29, 1.82) is 0 Å². The number of rotatable bonds is 5. The standard InChI is InChI=1S/C7H10F3N3O/c8-7(9,10)4-14-3-1-2-13-6-11-5-12-13/h5-6H,1-4H2. The van der Waals surface area contributed by atoms with Crippen LogP contribution in [0, 0.1) is 0 Å². The summed E-state index contributed by atoms with van der Waals surface area (Å²) in [6, 6.07) is 0. The zero-order chi connectivity index (χ0) is 10.4. The van der Waals surface area contributed by atoms with Crippen LogP contribution in [0.1, 0.15) is 6.42 Å². The van der Waals surface area contributed by atoms with Crippen LogP contribution in [0.4, 0.5) is 13.2 Å². The zero-order valence-electron chi connectivity index (χ0n) is 7.37. The van der Waals surface area contributed by atoms with Crippen molar-refractivity contribution in [3.63, 3.8) is 0 Å². The van der Waals surface area contributed by atoms with E-state index in [-0.39, 0.29) is 6.61 Å². The molecule has 0 amide bonds. The Hall–Kier alpha value is -1.11. The molecule has 0 aromatic carbocycles.